The van der Waals surface area contributed by atoms with Crippen molar-refractivity contribution < 1.29 is 41.4 Å². The van der Waals surface area contributed by atoms with Gasteiger partial charge in [0.05, 0.1) is 17.6 Å². The van der Waals surface area contributed by atoms with Gasteiger partial charge in [-0.25, -0.2) is 27.2 Å². The summed E-state index contributed by atoms with van der Waals surface area (Å²) in [6.45, 7) is -1.78. The minimum Gasteiger partial charge on any atom is -0.412 e. The van der Waals surface area contributed by atoms with Crippen molar-refractivity contribution in [2.45, 2.75) is 31.2 Å². The lowest BCUT2D eigenvalue weighted by Crippen LogP contribution is -2.34. The second-order valence-corrected chi connectivity index (χ2v) is 8.70. The number of fused-ring (bicyclic) bond motifs is 1. The number of halogens is 5. The average Bonchev–Trinajstić information content (AvgIpc) is 3.40. The lowest BCUT2D eigenvalue weighted by Gasteiger charge is -2.17. The number of carbonyl (C=O) groups is 3. The summed E-state index contributed by atoms with van der Waals surface area (Å²) in [7, 11) is 0. The van der Waals surface area contributed by atoms with Gasteiger partial charge >= 0.3 is 12.2 Å². The Morgan fingerprint density at radius 2 is 1.86 bits per heavy atom. The Balaban J connectivity index is 1.35. The number of amides is 3. The van der Waals surface area contributed by atoms with Crippen molar-refractivity contribution in [1.29, 1.82) is 0 Å². The van der Waals surface area contributed by atoms with Crippen molar-refractivity contribution in [2.24, 2.45) is 0 Å². The average molecular weight is 530 g/mol. The van der Waals surface area contributed by atoms with E-state index in [4.69, 9.17) is 16.3 Å². The number of nitrogens with one attached hydrogen (secondary N) is 2. The summed E-state index contributed by atoms with van der Waals surface area (Å²) in [4.78, 5) is 37.5. The summed E-state index contributed by atoms with van der Waals surface area (Å²) >= 11 is 5.74. The molecule has 1 aliphatic heterocycles. The number of nitrogens with zero attached hydrogens (tertiary/aromatic N) is 1. The lowest BCUT2D eigenvalue weighted by atomic mass is 10.0. The Morgan fingerprint density at radius 3 is 2.56 bits per heavy atom. The van der Waals surface area contributed by atoms with Crippen LogP contribution in [-0.4, -0.2) is 48.8 Å². The van der Waals surface area contributed by atoms with Gasteiger partial charge in [0.25, 0.3) is 11.8 Å². The highest BCUT2D eigenvalue weighted by Crippen LogP contribution is 2.36. The monoisotopic (exact) mass is 529 g/mol. The molecular weight excluding hydrogens is 510 g/mol. The molecule has 0 radical (unpaired) electrons. The largest absolute Gasteiger partial charge is 0.412 e. The van der Waals surface area contributed by atoms with Gasteiger partial charge in [-0.05, 0) is 48.7 Å². The Bertz CT molecular complexity index is 1210. The minimum absolute atomic E-state index is 0.105. The zero-order valence-corrected chi connectivity index (χ0v) is 19.3. The fourth-order valence-electron chi connectivity index (χ4n) is 4.14. The predicted octanol–water partition coefficient (Wildman–Crippen LogP) is 5.02. The van der Waals surface area contributed by atoms with Crippen LogP contribution in [0.2, 0.25) is 5.02 Å². The summed E-state index contributed by atoms with van der Waals surface area (Å²) in [5, 5.41) is 4.84. The molecule has 0 unspecified atom stereocenters. The van der Waals surface area contributed by atoms with Crippen molar-refractivity contribution in [3.05, 3.63) is 63.7 Å². The molecule has 13 heteroatoms. The van der Waals surface area contributed by atoms with Gasteiger partial charge in [-0.1, -0.05) is 11.6 Å². The molecule has 1 heterocycles. The maximum Gasteiger partial charge on any atom is 0.412 e. The van der Waals surface area contributed by atoms with Crippen LogP contribution in [0.1, 0.15) is 40.4 Å². The highest BCUT2D eigenvalue weighted by Gasteiger charge is 2.41. The van der Waals surface area contributed by atoms with E-state index in [0.717, 1.165) is 17.0 Å². The Labute approximate surface area is 207 Å². The zero-order chi connectivity index (χ0) is 26.0. The number of rotatable bonds is 5. The molecule has 1 saturated heterocycles. The van der Waals surface area contributed by atoms with Crippen LogP contribution in [0.3, 0.4) is 0 Å². The molecule has 4 rings (SSSR count). The third-order valence-electron chi connectivity index (χ3n) is 5.85. The van der Waals surface area contributed by atoms with Crippen LogP contribution < -0.4 is 10.6 Å². The summed E-state index contributed by atoms with van der Waals surface area (Å²) in [5.74, 6) is -4.85. The molecule has 2 N–H and O–H groups in total. The highest BCUT2D eigenvalue weighted by molar-refractivity contribution is 6.31. The lowest BCUT2D eigenvalue weighted by molar-refractivity contribution is -0.00735. The minimum atomic E-state index is -2.99. The fourth-order valence-corrected chi connectivity index (χ4v) is 4.33. The first-order valence-electron chi connectivity index (χ1n) is 10.8. The zero-order valence-electron chi connectivity index (χ0n) is 18.6. The molecular formula is C23H20ClF4N3O5. The Kier molecular flexibility index (Phi) is 7.25. The van der Waals surface area contributed by atoms with E-state index in [1.54, 1.807) is 0 Å². The molecule has 2 aromatic carbocycles. The number of anilines is 1. The van der Waals surface area contributed by atoms with Crippen LogP contribution in [0, 0.1) is 11.6 Å². The third-order valence-corrected chi connectivity index (χ3v) is 6.14. The molecule has 2 aromatic rings. The van der Waals surface area contributed by atoms with Crippen molar-refractivity contribution in [1.82, 2.24) is 10.2 Å². The highest BCUT2D eigenvalue weighted by atomic mass is 35.5. The standard InChI is InChI=1S/C23H20ClF4N3O5/c24-15-9-12(1-4-16(15)25)29-20(32)14-2-5-17(26)19-13(14)3-6-18(19)30-21(33)35-11-36-22(34)31-8-7-23(27,28)10-31/h1-2,4-5,9,18H,3,6-8,10-11H2,(H,29,32)(H,30,33)/t18-/m0/s1. The normalized spacial score (nSPS) is 17.9. The van der Waals surface area contributed by atoms with Gasteiger partial charge in [0, 0.05) is 29.8 Å². The summed E-state index contributed by atoms with van der Waals surface area (Å²) < 4.78 is 63.8. The van der Waals surface area contributed by atoms with Crippen molar-refractivity contribution in [3.63, 3.8) is 0 Å². The quantitative estimate of drug-likeness (QED) is 0.419. The van der Waals surface area contributed by atoms with Crippen molar-refractivity contribution in [3.8, 4) is 0 Å². The summed E-state index contributed by atoms with van der Waals surface area (Å²) in [6.07, 6.45) is -2.02. The molecule has 1 fully saturated rings. The SMILES string of the molecule is O=C(N[C@H]1CCc2c(C(=O)Nc3ccc(F)c(Cl)c3)ccc(F)c21)OCOC(=O)N1CCC(F)(F)C1. The van der Waals surface area contributed by atoms with Gasteiger partial charge in [0.15, 0.2) is 0 Å². The van der Waals surface area contributed by atoms with Crippen LogP contribution in [0.4, 0.5) is 32.8 Å². The number of benzene rings is 2. The van der Waals surface area contributed by atoms with Crippen molar-refractivity contribution in [2.75, 3.05) is 25.2 Å². The third kappa shape index (κ3) is 5.64. The van der Waals surface area contributed by atoms with Gasteiger partial charge in [0.2, 0.25) is 6.79 Å². The molecule has 8 nitrogen and oxygen atoms in total. The molecule has 0 bridgehead atoms. The maximum atomic E-state index is 14.6. The van der Waals surface area contributed by atoms with Crippen LogP contribution in [0.25, 0.3) is 0 Å². The molecule has 1 aliphatic carbocycles. The van der Waals surface area contributed by atoms with Gasteiger partial charge in [-0.3, -0.25) is 4.79 Å². The predicted molar refractivity (Wildman–Crippen MR) is 119 cm³/mol. The number of alkyl halides is 2. The fraction of sp³-hybridized carbons (Fsp3) is 0.348. The van der Waals surface area contributed by atoms with Crippen LogP contribution in [0.5, 0.6) is 0 Å². The molecule has 0 spiro atoms. The second-order valence-electron chi connectivity index (χ2n) is 8.29. The van der Waals surface area contributed by atoms with E-state index in [0.29, 0.717) is 5.56 Å². The number of carbonyl (C=O) groups excluding carboxylic acids is 3. The molecule has 0 aromatic heterocycles. The molecule has 192 valence electrons. The van der Waals surface area contributed by atoms with Gasteiger partial charge in [-0.2, -0.15) is 0 Å². The smallest absolute Gasteiger partial charge is 0.412 e. The topological polar surface area (TPSA) is 97.0 Å². The van der Waals surface area contributed by atoms with E-state index >= 15 is 0 Å². The van der Waals surface area contributed by atoms with E-state index in [-0.39, 0.29) is 41.2 Å². The number of hydrogen-bond donors (Lipinski definition) is 2. The summed E-state index contributed by atoms with van der Waals surface area (Å²) in [5.41, 5.74) is 0.897. The number of hydrogen-bond acceptors (Lipinski definition) is 5. The molecule has 1 atom stereocenters. The molecule has 0 saturated carbocycles. The Hall–Kier alpha value is -3.54. The van der Waals surface area contributed by atoms with E-state index in [2.05, 4.69) is 15.4 Å². The van der Waals surface area contributed by atoms with Crippen LogP contribution >= 0.6 is 11.6 Å². The molecule has 2 aliphatic rings. The van der Waals surface area contributed by atoms with Gasteiger partial charge in [0.1, 0.15) is 11.6 Å². The van der Waals surface area contributed by atoms with E-state index in [1.165, 1.54) is 18.2 Å². The van der Waals surface area contributed by atoms with Gasteiger partial charge < -0.3 is 25.0 Å². The number of likely N-dealkylation sites (tertiary alicyclic amines) is 1. The van der Waals surface area contributed by atoms with Crippen LogP contribution in [-0.2, 0) is 15.9 Å². The van der Waals surface area contributed by atoms with Crippen molar-refractivity contribution >= 4 is 35.4 Å². The first kappa shape index (κ1) is 25.5. The second kappa shape index (κ2) is 10.2. The number of alkyl carbamates (subject to hydrolysis) is 1. The molecule has 36 heavy (non-hydrogen) atoms. The first-order valence-corrected chi connectivity index (χ1v) is 11.2. The maximum absolute atomic E-state index is 14.6. The van der Waals surface area contributed by atoms with Crippen LogP contribution in [0.15, 0.2) is 30.3 Å². The van der Waals surface area contributed by atoms with E-state index in [9.17, 15) is 31.9 Å². The number of ether oxygens (including phenoxy) is 2. The Morgan fingerprint density at radius 1 is 1.11 bits per heavy atom. The first-order chi connectivity index (χ1) is 17.0. The van der Waals surface area contributed by atoms with E-state index in [1.807, 2.05) is 0 Å². The van der Waals surface area contributed by atoms with Gasteiger partial charge in [-0.15, -0.1) is 0 Å². The van der Waals surface area contributed by atoms with E-state index < -0.39 is 61.5 Å². The summed E-state index contributed by atoms with van der Waals surface area (Å²) in [6, 6.07) is 5.22. The molecule has 3 amide bonds.